The van der Waals surface area contributed by atoms with Crippen molar-refractivity contribution in [2.45, 2.75) is 0 Å². The van der Waals surface area contributed by atoms with Gasteiger partial charge in [0, 0.05) is 10.4 Å². The van der Waals surface area contributed by atoms with Crippen molar-refractivity contribution >= 4 is 17.6 Å². The number of hydrogen-bond donors (Lipinski definition) is 0. The topological polar surface area (TPSA) is 39.4 Å². The molecule has 0 spiro atoms. The summed E-state index contributed by atoms with van der Waals surface area (Å²) in [7, 11) is 1.62. The molecule has 72 valence electrons. The summed E-state index contributed by atoms with van der Waals surface area (Å²) in [4.78, 5) is 11.6. The van der Waals surface area contributed by atoms with Crippen LogP contribution < -0.4 is 4.74 Å². The van der Waals surface area contributed by atoms with Gasteiger partial charge < -0.3 is 9.15 Å². The van der Waals surface area contributed by atoms with Gasteiger partial charge in [0.05, 0.1) is 13.4 Å². The molecular formula is C10H8O3S. The largest absolute Gasteiger partial charge is 0.487 e. The molecule has 0 bridgehead atoms. The summed E-state index contributed by atoms with van der Waals surface area (Å²) >= 11 is 1.48. The van der Waals surface area contributed by atoms with Gasteiger partial charge in [-0.2, -0.15) is 0 Å². The Balaban J connectivity index is 2.43. The first kappa shape index (κ1) is 9.02. The molecule has 0 aliphatic rings. The average molecular weight is 208 g/mol. The van der Waals surface area contributed by atoms with Gasteiger partial charge in [0.2, 0.25) is 0 Å². The molecule has 4 heteroatoms. The zero-order chi connectivity index (χ0) is 9.97. The average Bonchev–Trinajstić information content (AvgIpc) is 2.85. The summed E-state index contributed by atoms with van der Waals surface area (Å²) in [6.45, 7) is 0. The van der Waals surface area contributed by atoms with E-state index in [0.29, 0.717) is 12.0 Å². The highest BCUT2D eigenvalue weighted by molar-refractivity contribution is 7.17. The molecule has 0 aromatic carbocycles. The lowest BCUT2D eigenvalue weighted by atomic mass is 10.2. The van der Waals surface area contributed by atoms with Gasteiger partial charge in [-0.3, -0.25) is 4.79 Å². The molecule has 2 aromatic rings. The van der Waals surface area contributed by atoms with Crippen LogP contribution in [0.3, 0.4) is 0 Å². The molecule has 0 unspecified atom stereocenters. The van der Waals surface area contributed by atoms with Gasteiger partial charge in [-0.25, -0.2) is 0 Å². The summed E-state index contributed by atoms with van der Waals surface area (Å²) in [6, 6.07) is 5.54. The lowest BCUT2D eigenvalue weighted by molar-refractivity contribution is 0.110. The maximum absolute atomic E-state index is 10.6. The first-order chi connectivity index (χ1) is 6.85. The van der Waals surface area contributed by atoms with Gasteiger partial charge >= 0.3 is 0 Å². The number of furan rings is 1. The molecule has 0 radical (unpaired) electrons. The Morgan fingerprint density at radius 1 is 1.43 bits per heavy atom. The number of thiophene rings is 1. The van der Waals surface area contributed by atoms with Crippen molar-refractivity contribution in [3.8, 4) is 15.5 Å². The maximum Gasteiger partial charge on any atom is 0.185 e. The highest BCUT2D eigenvalue weighted by Crippen LogP contribution is 2.34. The molecule has 0 fully saturated rings. The van der Waals surface area contributed by atoms with Gasteiger partial charge in [-0.05, 0) is 18.2 Å². The van der Waals surface area contributed by atoms with E-state index in [1.54, 1.807) is 13.2 Å². The van der Waals surface area contributed by atoms with Crippen molar-refractivity contribution in [3.63, 3.8) is 0 Å². The fourth-order valence-electron chi connectivity index (χ4n) is 1.19. The predicted molar refractivity (Wildman–Crippen MR) is 54.0 cm³/mol. The first-order valence-corrected chi connectivity index (χ1v) is 4.83. The quantitative estimate of drug-likeness (QED) is 0.728. The lowest BCUT2D eigenvalue weighted by Gasteiger charge is -1.92. The van der Waals surface area contributed by atoms with E-state index in [2.05, 4.69) is 0 Å². The second-order valence-electron chi connectivity index (χ2n) is 2.64. The lowest BCUT2D eigenvalue weighted by Crippen LogP contribution is -1.76. The zero-order valence-corrected chi connectivity index (χ0v) is 8.34. The summed E-state index contributed by atoms with van der Waals surface area (Å²) in [5, 5.41) is 0.818. The Labute approximate surface area is 84.9 Å². The van der Waals surface area contributed by atoms with Gasteiger partial charge in [0.25, 0.3) is 0 Å². The zero-order valence-electron chi connectivity index (χ0n) is 7.52. The third kappa shape index (κ3) is 1.44. The summed E-state index contributed by atoms with van der Waals surface area (Å²) in [5.74, 6) is 0.356. The van der Waals surface area contributed by atoms with Gasteiger partial charge in [0.1, 0.15) is 0 Å². The van der Waals surface area contributed by atoms with Crippen LogP contribution in [0, 0.1) is 0 Å². The van der Waals surface area contributed by atoms with Crippen molar-refractivity contribution in [3.05, 3.63) is 30.2 Å². The van der Waals surface area contributed by atoms with Crippen LogP contribution in [0.15, 0.2) is 28.9 Å². The van der Waals surface area contributed by atoms with Gasteiger partial charge in [0.15, 0.2) is 17.1 Å². The van der Waals surface area contributed by atoms with E-state index in [9.17, 15) is 4.79 Å². The highest BCUT2D eigenvalue weighted by atomic mass is 32.1. The van der Waals surface area contributed by atoms with Crippen LogP contribution in [0.25, 0.3) is 10.4 Å². The molecule has 0 aliphatic carbocycles. The van der Waals surface area contributed by atoms with E-state index in [-0.39, 0.29) is 0 Å². The second-order valence-corrected chi connectivity index (χ2v) is 3.69. The van der Waals surface area contributed by atoms with Gasteiger partial charge in [-0.15, -0.1) is 0 Å². The molecule has 3 nitrogen and oxygen atoms in total. The molecule has 2 heterocycles. The fraction of sp³-hybridized carbons (Fsp3) is 0.100. The first-order valence-electron chi connectivity index (χ1n) is 4.02. The molecular weight excluding hydrogens is 200 g/mol. The molecule has 0 N–H and O–H groups in total. The third-order valence-corrected chi connectivity index (χ3v) is 2.93. The number of carbonyl (C=O) groups excluding carboxylic acids is 1. The molecule has 2 aromatic heterocycles. The number of carbonyl (C=O) groups is 1. The predicted octanol–water partition coefficient (Wildman–Crippen LogP) is 2.83. The Hall–Kier alpha value is -1.55. The van der Waals surface area contributed by atoms with E-state index in [1.807, 2.05) is 12.1 Å². The third-order valence-electron chi connectivity index (χ3n) is 1.85. The molecule has 2 rings (SSSR count). The van der Waals surface area contributed by atoms with Crippen LogP contribution in [0.1, 0.15) is 10.6 Å². The minimum absolute atomic E-state index is 0.356. The molecule has 0 atom stereocenters. The van der Waals surface area contributed by atoms with E-state index in [4.69, 9.17) is 9.15 Å². The molecule has 14 heavy (non-hydrogen) atoms. The maximum atomic E-state index is 10.6. The van der Waals surface area contributed by atoms with Crippen molar-refractivity contribution < 1.29 is 13.9 Å². The summed E-state index contributed by atoms with van der Waals surface area (Å²) < 4.78 is 10.1. The van der Waals surface area contributed by atoms with Crippen LogP contribution in [-0.2, 0) is 0 Å². The minimum Gasteiger partial charge on any atom is -0.487 e. The molecule has 0 saturated heterocycles. The summed E-state index contributed by atoms with van der Waals surface area (Å²) in [5.41, 5.74) is 0.813. The minimum atomic E-state index is 0.356. The van der Waals surface area contributed by atoms with Crippen molar-refractivity contribution in [2.75, 3.05) is 7.11 Å². The fourth-order valence-corrected chi connectivity index (χ4v) is 2.04. The van der Waals surface area contributed by atoms with Crippen molar-refractivity contribution in [2.24, 2.45) is 0 Å². The Morgan fingerprint density at radius 3 is 2.93 bits per heavy atom. The van der Waals surface area contributed by atoms with Crippen molar-refractivity contribution in [1.29, 1.82) is 0 Å². The van der Waals surface area contributed by atoms with Crippen LogP contribution in [0.4, 0.5) is 0 Å². The summed E-state index contributed by atoms with van der Waals surface area (Å²) in [6.07, 6.45) is 2.22. The Morgan fingerprint density at radius 2 is 2.29 bits per heavy atom. The highest BCUT2D eigenvalue weighted by Gasteiger charge is 2.10. The number of rotatable bonds is 3. The number of methoxy groups -OCH3 is 1. The smallest absolute Gasteiger partial charge is 0.185 e. The Kier molecular flexibility index (Phi) is 2.37. The van der Waals surface area contributed by atoms with Crippen LogP contribution >= 0.6 is 11.3 Å². The van der Waals surface area contributed by atoms with Gasteiger partial charge in [-0.1, -0.05) is 11.3 Å². The molecule has 0 aliphatic heterocycles. The number of ether oxygens (including phenoxy) is 1. The number of hydrogen-bond acceptors (Lipinski definition) is 4. The van der Waals surface area contributed by atoms with E-state index in [1.165, 1.54) is 17.6 Å². The van der Waals surface area contributed by atoms with Crippen LogP contribution in [-0.4, -0.2) is 13.4 Å². The molecule has 0 saturated carbocycles. The SMILES string of the molecule is COc1ccc(-c2ccoc2C=O)s1. The van der Waals surface area contributed by atoms with Crippen LogP contribution in [0.2, 0.25) is 0 Å². The number of aldehydes is 1. The Bertz CT molecular complexity index is 442. The van der Waals surface area contributed by atoms with Crippen LogP contribution in [0.5, 0.6) is 5.06 Å². The van der Waals surface area contributed by atoms with E-state index < -0.39 is 0 Å². The normalized spacial score (nSPS) is 10.1. The van der Waals surface area contributed by atoms with Crippen molar-refractivity contribution in [1.82, 2.24) is 0 Å². The van der Waals surface area contributed by atoms with E-state index >= 15 is 0 Å². The van der Waals surface area contributed by atoms with E-state index in [0.717, 1.165) is 15.5 Å². The monoisotopic (exact) mass is 208 g/mol. The molecule has 0 amide bonds. The standard InChI is InChI=1S/C10H8O3S/c1-12-10-3-2-9(14-10)7-4-5-13-8(7)6-11/h2-6H,1H3. The second kappa shape index (κ2) is 3.67.